The first kappa shape index (κ1) is 17.0. The molecule has 0 unspecified atom stereocenters. The second-order valence-corrected chi connectivity index (χ2v) is 6.62. The summed E-state index contributed by atoms with van der Waals surface area (Å²) in [5, 5.41) is 11.5. The van der Waals surface area contributed by atoms with Gasteiger partial charge in [0, 0.05) is 29.7 Å². The summed E-state index contributed by atoms with van der Waals surface area (Å²) in [6, 6.07) is 19.1. The molecule has 0 aliphatic carbocycles. The molecule has 29 heavy (non-hydrogen) atoms. The number of aryl methyl sites for hydroxylation is 1. The summed E-state index contributed by atoms with van der Waals surface area (Å²) in [5.41, 5.74) is 3.64. The van der Waals surface area contributed by atoms with Crippen LogP contribution in [0.2, 0.25) is 0 Å². The normalized spacial score (nSPS) is 11.1. The van der Waals surface area contributed by atoms with E-state index in [9.17, 15) is 4.79 Å². The van der Waals surface area contributed by atoms with Gasteiger partial charge in [0.2, 0.25) is 0 Å². The van der Waals surface area contributed by atoms with Crippen LogP contribution in [0.4, 0.5) is 6.01 Å². The Balaban J connectivity index is 1.39. The minimum Gasteiger partial charge on any atom is -0.459 e. The second kappa shape index (κ2) is 6.79. The number of hydrogen-bond acceptors (Lipinski definition) is 5. The van der Waals surface area contributed by atoms with Crippen molar-refractivity contribution in [3.05, 3.63) is 78.7 Å². The molecule has 0 saturated heterocycles. The fourth-order valence-corrected chi connectivity index (χ4v) is 3.24. The molecule has 0 spiro atoms. The summed E-state index contributed by atoms with van der Waals surface area (Å²) in [6.07, 6.45) is 3.54. The van der Waals surface area contributed by atoms with E-state index in [0.29, 0.717) is 11.3 Å². The van der Waals surface area contributed by atoms with E-state index >= 15 is 0 Å². The summed E-state index contributed by atoms with van der Waals surface area (Å²) >= 11 is 0. The SMILES string of the molecule is Cn1ccc2cc(-c3cccc(C(=O)Nc4nnc(-c5ccco5)o4)c3)ccc21. The standard InChI is InChI=1S/C22H16N4O3/c1-26-10-9-16-12-15(7-8-18(16)26)14-4-2-5-17(13-14)20(27)23-22-25-24-21(29-22)19-6-3-11-28-19/h2-13H,1H3,(H,23,25,27). The Labute approximate surface area is 165 Å². The van der Waals surface area contributed by atoms with Crippen LogP contribution in [0.1, 0.15) is 10.4 Å². The van der Waals surface area contributed by atoms with Crippen molar-refractivity contribution in [3.63, 3.8) is 0 Å². The van der Waals surface area contributed by atoms with Crippen LogP contribution in [-0.4, -0.2) is 20.7 Å². The molecule has 0 aliphatic rings. The van der Waals surface area contributed by atoms with E-state index in [-0.39, 0.29) is 17.8 Å². The van der Waals surface area contributed by atoms with Crippen molar-refractivity contribution in [3.8, 4) is 22.8 Å². The largest absolute Gasteiger partial charge is 0.459 e. The van der Waals surface area contributed by atoms with Crippen LogP contribution in [0.25, 0.3) is 33.7 Å². The highest BCUT2D eigenvalue weighted by Crippen LogP contribution is 2.26. The van der Waals surface area contributed by atoms with Crippen LogP contribution in [-0.2, 0) is 7.05 Å². The fraction of sp³-hybridized carbons (Fsp3) is 0.0455. The number of rotatable bonds is 4. The second-order valence-electron chi connectivity index (χ2n) is 6.62. The van der Waals surface area contributed by atoms with Crippen LogP contribution >= 0.6 is 0 Å². The molecule has 0 bridgehead atoms. The van der Waals surface area contributed by atoms with Crippen molar-refractivity contribution in [1.29, 1.82) is 0 Å². The molecule has 7 heteroatoms. The molecule has 0 atom stereocenters. The predicted molar refractivity (Wildman–Crippen MR) is 108 cm³/mol. The lowest BCUT2D eigenvalue weighted by Crippen LogP contribution is -2.12. The Morgan fingerprint density at radius 2 is 1.90 bits per heavy atom. The molecule has 142 valence electrons. The molecule has 1 N–H and O–H groups in total. The molecule has 3 heterocycles. The van der Waals surface area contributed by atoms with Gasteiger partial charge >= 0.3 is 6.01 Å². The van der Waals surface area contributed by atoms with Gasteiger partial charge in [-0.25, -0.2) is 0 Å². The topological polar surface area (TPSA) is 86.1 Å². The zero-order chi connectivity index (χ0) is 19.8. The van der Waals surface area contributed by atoms with E-state index in [4.69, 9.17) is 8.83 Å². The Morgan fingerprint density at radius 3 is 2.76 bits per heavy atom. The lowest BCUT2D eigenvalue weighted by atomic mass is 10.0. The number of furan rings is 1. The average Bonchev–Trinajstić information content (AvgIpc) is 3.49. The maximum atomic E-state index is 12.6. The number of nitrogens with one attached hydrogen (secondary N) is 1. The smallest absolute Gasteiger partial charge is 0.322 e. The number of hydrogen-bond donors (Lipinski definition) is 1. The highest BCUT2D eigenvalue weighted by Gasteiger charge is 2.15. The van der Waals surface area contributed by atoms with Gasteiger partial charge in [-0.1, -0.05) is 23.3 Å². The third kappa shape index (κ3) is 3.19. The van der Waals surface area contributed by atoms with Crippen LogP contribution in [0.3, 0.4) is 0 Å². The highest BCUT2D eigenvalue weighted by atomic mass is 16.4. The zero-order valence-electron chi connectivity index (χ0n) is 15.5. The predicted octanol–water partition coefficient (Wildman–Crippen LogP) is 4.74. The molecule has 0 fully saturated rings. The minimum absolute atomic E-state index is 0.0116. The monoisotopic (exact) mass is 384 g/mol. The van der Waals surface area contributed by atoms with Crippen molar-refractivity contribution in [1.82, 2.24) is 14.8 Å². The molecule has 2 aromatic carbocycles. The maximum absolute atomic E-state index is 12.6. The Bertz CT molecular complexity index is 1320. The number of aromatic nitrogens is 3. The van der Waals surface area contributed by atoms with Gasteiger partial charge in [0.1, 0.15) is 0 Å². The minimum atomic E-state index is -0.331. The van der Waals surface area contributed by atoms with Crippen molar-refractivity contribution >= 4 is 22.8 Å². The number of benzene rings is 2. The number of carbonyl (C=O) groups is 1. The van der Waals surface area contributed by atoms with Crippen LogP contribution in [0.5, 0.6) is 0 Å². The van der Waals surface area contributed by atoms with E-state index in [1.165, 1.54) is 6.26 Å². The van der Waals surface area contributed by atoms with Gasteiger partial charge in [0.25, 0.3) is 11.8 Å². The number of carbonyl (C=O) groups excluding carboxylic acids is 1. The molecule has 0 radical (unpaired) electrons. The molecule has 5 aromatic rings. The highest BCUT2D eigenvalue weighted by molar-refractivity contribution is 6.04. The number of anilines is 1. The van der Waals surface area contributed by atoms with Crippen LogP contribution < -0.4 is 5.32 Å². The van der Waals surface area contributed by atoms with Crippen LogP contribution in [0.15, 0.2) is 82.0 Å². The molecule has 1 amide bonds. The van der Waals surface area contributed by atoms with E-state index in [0.717, 1.165) is 22.0 Å². The van der Waals surface area contributed by atoms with Gasteiger partial charge in [0.15, 0.2) is 5.76 Å². The Kier molecular flexibility index (Phi) is 3.98. The van der Waals surface area contributed by atoms with E-state index in [1.54, 1.807) is 18.2 Å². The summed E-state index contributed by atoms with van der Waals surface area (Å²) in [4.78, 5) is 12.6. The van der Waals surface area contributed by atoms with Gasteiger partial charge in [-0.15, -0.1) is 5.10 Å². The summed E-state index contributed by atoms with van der Waals surface area (Å²) in [7, 11) is 2.02. The third-order valence-corrected chi connectivity index (χ3v) is 4.72. The van der Waals surface area contributed by atoms with Crippen molar-refractivity contribution in [2.24, 2.45) is 7.05 Å². The number of amides is 1. The van der Waals surface area contributed by atoms with Gasteiger partial charge in [-0.2, -0.15) is 0 Å². The summed E-state index contributed by atoms with van der Waals surface area (Å²) < 4.78 is 12.7. The number of nitrogens with zero attached hydrogens (tertiary/aromatic N) is 3. The van der Waals surface area contributed by atoms with Crippen molar-refractivity contribution < 1.29 is 13.6 Å². The van der Waals surface area contributed by atoms with Gasteiger partial charge < -0.3 is 13.4 Å². The molecular formula is C22H16N4O3. The third-order valence-electron chi connectivity index (χ3n) is 4.72. The molecule has 3 aromatic heterocycles. The first-order valence-electron chi connectivity index (χ1n) is 9.02. The maximum Gasteiger partial charge on any atom is 0.322 e. The lowest BCUT2D eigenvalue weighted by molar-refractivity contribution is 0.102. The Hall–Kier alpha value is -4.13. The van der Waals surface area contributed by atoms with E-state index in [2.05, 4.69) is 38.3 Å². The first-order chi connectivity index (χ1) is 14.2. The van der Waals surface area contributed by atoms with Gasteiger partial charge in [-0.3, -0.25) is 10.1 Å². The molecular weight excluding hydrogens is 368 g/mol. The first-order valence-corrected chi connectivity index (χ1v) is 9.02. The Morgan fingerprint density at radius 1 is 1.00 bits per heavy atom. The molecule has 5 rings (SSSR count). The molecule has 0 aliphatic heterocycles. The van der Waals surface area contributed by atoms with Crippen molar-refractivity contribution in [2.75, 3.05) is 5.32 Å². The summed E-state index contributed by atoms with van der Waals surface area (Å²) in [6.45, 7) is 0. The number of fused-ring (bicyclic) bond motifs is 1. The zero-order valence-corrected chi connectivity index (χ0v) is 15.5. The van der Waals surface area contributed by atoms with E-state index < -0.39 is 0 Å². The van der Waals surface area contributed by atoms with E-state index in [1.807, 2.05) is 37.5 Å². The average molecular weight is 384 g/mol. The summed E-state index contributed by atoms with van der Waals surface area (Å²) in [5.74, 6) is 0.314. The van der Waals surface area contributed by atoms with Crippen molar-refractivity contribution in [2.45, 2.75) is 0 Å². The molecule has 0 saturated carbocycles. The van der Waals surface area contributed by atoms with Crippen LogP contribution in [0, 0.1) is 0 Å². The van der Waals surface area contributed by atoms with Gasteiger partial charge in [-0.05, 0) is 53.6 Å². The quantitative estimate of drug-likeness (QED) is 0.484. The lowest BCUT2D eigenvalue weighted by Gasteiger charge is -2.06. The fourth-order valence-electron chi connectivity index (χ4n) is 3.24. The molecule has 7 nitrogen and oxygen atoms in total. The van der Waals surface area contributed by atoms with Gasteiger partial charge in [0.05, 0.1) is 6.26 Å².